The van der Waals surface area contributed by atoms with Gasteiger partial charge >= 0.3 is 0 Å². The van der Waals surface area contributed by atoms with Crippen molar-refractivity contribution in [2.45, 2.75) is 39.5 Å². The molecular formula is C17H24N4OS. The number of nitrogens with zero attached hydrogens (tertiary/aromatic N) is 2. The molecule has 0 bridgehead atoms. The molecule has 0 saturated carbocycles. The number of hydrogen-bond donors (Lipinski definition) is 2. The minimum absolute atomic E-state index is 0.0964. The van der Waals surface area contributed by atoms with Crippen LogP contribution in [0.5, 0.6) is 0 Å². The molecule has 2 aromatic rings. The maximum atomic E-state index is 12.5. The highest BCUT2D eigenvalue weighted by Gasteiger charge is 2.22. The smallest absolute Gasteiger partial charge is 0.251 e. The molecule has 1 amide bonds. The van der Waals surface area contributed by atoms with Crippen molar-refractivity contribution in [1.29, 1.82) is 0 Å². The fourth-order valence-corrected chi connectivity index (χ4v) is 2.86. The molecule has 0 spiro atoms. The van der Waals surface area contributed by atoms with Crippen molar-refractivity contribution in [3.05, 3.63) is 47.0 Å². The zero-order valence-electron chi connectivity index (χ0n) is 14.1. The molecule has 0 aliphatic heterocycles. The maximum absolute atomic E-state index is 12.5. The van der Waals surface area contributed by atoms with Crippen molar-refractivity contribution in [2.75, 3.05) is 5.75 Å². The molecule has 5 nitrogen and oxygen atoms in total. The monoisotopic (exact) mass is 332 g/mol. The van der Waals surface area contributed by atoms with Gasteiger partial charge in [-0.05, 0) is 36.3 Å². The minimum Gasteiger partial charge on any atom is -0.342 e. The van der Waals surface area contributed by atoms with Gasteiger partial charge in [0.25, 0.3) is 5.91 Å². The van der Waals surface area contributed by atoms with Crippen LogP contribution in [-0.2, 0) is 5.75 Å². The highest BCUT2D eigenvalue weighted by Crippen LogP contribution is 2.19. The first-order valence-electron chi connectivity index (χ1n) is 7.87. The molecule has 0 aliphatic rings. The second kappa shape index (κ2) is 8.15. The summed E-state index contributed by atoms with van der Waals surface area (Å²) in [5, 5.41) is 10.0. The second-order valence-corrected chi connectivity index (χ2v) is 7.08. The number of carbonyl (C=O) groups excluding carboxylic acids is 1. The molecular weight excluding hydrogens is 308 g/mol. The van der Waals surface area contributed by atoms with Crippen LogP contribution < -0.4 is 5.32 Å². The van der Waals surface area contributed by atoms with Crippen molar-refractivity contribution in [3.8, 4) is 0 Å². The number of aromatic amines is 1. The Balaban J connectivity index is 2.06. The molecule has 1 atom stereocenters. The highest BCUT2D eigenvalue weighted by atomic mass is 32.2. The average molecular weight is 332 g/mol. The Hall–Kier alpha value is -1.82. The van der Waals surface area contributed by atoms with E-state index < -0.39 is 0 Å². The third-order valence-electron chi connectivity index (χ3n) is 3.53. The van der Waals surface area contributed by atoms with Crippen LogP contribution in [0.4, 0.5) is 0 Å². The van der Waals surface area contributed by atoms with Crippen LogP contribution >= 0.6 is 11.8 Å². The lowest BCUT2D eigenvalue weighted by atomic mass is 10.0. The summed E-state index contributed by atoms with van der Waals surface area (Å²) in [5.41, 5.74) is 1.89. The predicted molar refractivity (Wildman–Crippen MR) is 94.4 cm³/mol. The summed E-state index contributed by atoms with van der Waals surface area (Å²) in [6, 6.07) is 7.57. The Morgan fingerprint density at radius 2 is 2.00 bits per heavy atom. The molecule has 2 N–H and O–H groups in total. The normalized spacial score (nSPS) is 12.4. The number of carbonyl (C=O) groups is 1. The van der Waals surface area contributed by atoms with Crippen LogP contribution in [0.2, 0.25) is 0 Å². The molecule has 1 aromatic heterocycles. The SMILES string of the molecule is CCSCc1ccc(C(=O)NC(c2n[nH]c(C)n2)C(C)C)cc1. The van der Waals surface area contributed by atoms with E-state index in [9.17, 15) is 4.79 Å². The van der Waals surface area contributed by atoms with E-state index in [2.05, 4.69) is 27.4 Å². The first-order valence-corrected chi connectivity index (χ1v) is 9.03. The standard InChI is InChI=1S/C17H24N4OS/c1-5-23-10-13-6-8-14(9-7-13)17(22)19-15(11(2)3)16-18-12(4)20-21-16/h6-9,11,15H,5,10H2,1-4H3,(H,19,22)(H,18,20,21). The first kappa shape index (κ1) is 17.5. The van der Waals surface area contributed by atoms with Crippen LogP contribution in [0, 0.1) is 12.8 Å². The third kappa shape index (κ3) is 4.82. The van der Waals surface area contributed by atoms with Crippen LogP contribution in [0.3, 0.4) is 0 Å². The van der Waals surface area contributed by atoms with Crippen molar-refractivity contribution in [2.24, 2.45) is 5.92 Å². The summed E-state index contributed by atoms with van der Waals surface area (Å²) in [6.45, 7) is 8.08. The molecule has 1 unspecified atom stereocenters. The van der Waals surface area contributed by atoms with Gasteiger partial charge in [0, 0.05) is 11.3 Å². The highest BCUT2D eigenvalue weighted by molar-refractivity contribution is 7.98. The average Bonchev–Trinajstić information content (AvgIpc) is 2.96. The number of aromatic nitrogens is 3. The van der Waals surface area contributed by atoms with E-state index in [-0.39, 0.29) is 17.9 Å². The van der Waals surface area contributed by atoms with E-state index in [1.165, 1.54) is 5.56 Å². The van der Waals surface area contributed by atoms with Gasteiger partial charge in [-0.2, -0.15) is 16.9 Å². The van der Waals surface area contributed by atoms with Gasteiger partial charge in [0.1, 0.15) is 5.82 Å². The van der Waals surface area contributed by atoms with E-state index in [0.29, 0.717) is 11.4 Å². The molecule has 1 aromatic carbocycles. The number of nitrogens with one attached hydrogen (secondary N) is 2. The molecule has 0 aliphatic carbocycles. The molecule has 124 valence electrons. The van der Waals surface area contributed by atoms with Gasteiger partial charge in [-0.15, -0.1) is 0 Å². The molecule has 0 saturated heterocycles. The number of thioether (sulfide) groups is 1. The number of benzene rings is 1. The largest absolute Gasteiger partial charge is 0.342 e. The lowest BCUT2D eigenvalue weighted by Crippen LogP contribution is -2.32. The predicted octanol–water partition coefficient (Wildman–Crippen LogP) is 3.49. The summed E-state index contributed by atoms with van der Waals surface area (Å²) < 4.78 is 0. The van der Waals surface area contributed by atoms with Gasteiger partial charge in [0.2, 0.25) is 0 Å². The minimum atomic E-state index is -0.206. The molecule has 2 rings (SSSR count). The quantitative estimate of drug-likeness (QED) is 0.814. The Bertz CT molecular complexity index is 636. The zero-order valence-corrected chi connectivity index (χ0v) is 14.9. The van der Waals surface area contributed by atoms with Gasteiger partial charge in [-0.3, -0.25) is 9.89 Å². The Kier molecular flexibility index (Phi) is 6.21. The van der Waals surface area contributed by atoms with Crippen LogP contribution in [0.1, 0.15) is 54.4 Å². The van der Waals surface area contributed by atoms with Gasteiger partial charge in [0.05, 0.1) is 6.04 Å². The summed E-state index contributed by atoms with van der Waals surface area (Å²) in [4.78, 5) is 16.8. The lowest BCUT2D eigenvalue weighted by Gasteiger charge is -2.19. The fourth-order valence-electron chi connectivity index (χ4n) is 2.23. The summed E-state index contributed by atoms with van der Waals surface area (Å²) in [7, 11) is 0. The molecule has 1 heterocycles. The Morgan fingerprint density at radius 1 is 1.30 bits per heavy atom. The fraction of sp³-hybridized carbons (Fsp3) is 0.471. The van der Waals surface area contributed by atoms with Gasteiger partial charge in [0.15, 0.2) is 5.82 Å². The van der Waals surface area contributed by atoms with Crippen molar-refractivity contribution >= 4 is 17.7 Å². The van der Waals surface area contributed by atoms with E-state index in [1.54, 1.807) is 0 Å². The number of hydrogen-bond acceptors (Lipinski definition) is 4. The molecule has 23 heavy (non-hydrogen) atoms. The number of aryl methyl sites for hydroxylation is 1. The summed E-state index contributed by atoms with van der Waals surface area (Å²) >= 11 is 1.87. The molecule has 0 fully saturated rings. The number of rotatable bonds is 7. The zero-order chi connectivity index (χ0) is 16.8. The van der Waals surface area contributed by atoms with Crippen LogP contribution in [0.15, 0.2) is 24.3 Å². The second-order valence-electron chi connectivity index (χ2n) is 5.81. The molecule has 0 radical (unpaired) electrons. The van der Waals surface area contributed by atoms with Crippen LogP contribution in [0.25, 0.3) is 0 Å². The van der Waals surface area contributed by atoms with E-state index >= 15 is 0 Å². The van der Waals surface area contributed by atoms with Gasteiger partial charge in [-0.25, -0.2) is 4.98 Å². The first-order chi connectivity index (χ1) is 11.0. The van der Waals surface area contributed by atoms with E-state index in [1.807, 2.05) is 56.8 Å². The van der Waals surface area contributed by atoms with Crippen molar-refractivity contribution in [3.63, 3.8) is 0 Å². The Morgan fingerprint density at radius 3 is 2.52 bits per heavy atom. The van der Waals surface area contributed by atoms with Crippen molar-refractivity contribution < 1.29 is 4.79 Å². The molecule has 6 heteroatoms. The van der Waals surface area contributed by atoms with Crippen molar-refractivity contribution in [1.82, 2.24) is 20.5 Å². The van der Waals surface area contributed by atoms with Gasteiger partial charge < -0.3 is 5.32 Å². The maximum Gasteiger partial charge on any atom is 0.251 e. The lowest BCUT2D eigenvalue weighted by molar-refractivity contribution is 0.0923. The van der Waals surface area contributed by atoms with E-state index in [4.69, 9.17) is 0 Å². The van der Waals surface area contributed by atoms with Gasteiger partial charge in [-0.1, -0.05) is 32.9 Å². The third-order valence-corrected chi connectivity index (χ3v) is 4.48. The van der Waals surface area contributed by atoms with E-state index in [0.717, 1.165) is 17.3 Å². The van der Waals surface area contributed by atoms with Crippen LogP contribution in [-0.4, -0.2) is 26.8 Å². The summed E-state index contributed by atoms with van der Waals surface area (Å²) in [5.74, 6) is 3.55. The number of H-pyrrole nitrogens is 1. The topological polar surface area (TPSA) is 70.7 Å². The number of amides is 1. The Labute approximate surface area is 141 Å². The summed E-state index contributed by atoms with van der Waals surface area (Å²) in [6.07, 6.45) is 0.